The molecule has 1 aromatic heterocycles. The molecule has 2 N–H and O–H groups in total. The minimum atomic E-state index is -0.785. The summed E-state index contributed by atoms with van der Waals surface area (Å²) in [6.07, 6.45) is 4.26. The number of hydrogen-bond donors (Lipinski definition) is 1. The molecule has 200 valence electrons. The lowest BCUT2D eigenvalue weighted by molar-refractivity contribution is -0.127. The van der Waals surface area contributed by atoms with Gasteiger partial charge in [0, 0.05) is 31.9 Å². The molecule has 1 aliphatic carbocycles. The number of nitrogens with two attached hydrogens (primary N) is 1. The molecule has 3 atom stereocenters. The van der Waals surface area contributed by atoms with Gasteiger partial charge in [-0.05, 0) is 81.5 Å². The average Bonchev–Trinajstić information content (AvgIpc) is 3.44. The highest BCUT2D eigenvalue weighted by molar-refractivity contribution is 5.96. The van der Waals surface area contributed by atoms with Gasteiger partial charge in [-0.1, -0.05) is 26.0 Å². The Bertz CT molecular complexity index is 1170. The molecule has 2 saturated heterocycles. The molecule has 1 saturated carbocycles. The van der Waals surface area contributed by atoms with Gasteiger partial charge in [-0.3, -0.25) is 14.3 Å². The Hall–Kier alpha value is -2.74. The fourth-order valence-corrected chi connectivity index (χ4v) is 6.71. The molecule has 0 bridgehead atoms. The fraction of sp³-hybridized carbons (Fsp3) is 0.621. The van der Waals surface area contributed by atoms with E-state index in [-0.39, 0.29) is 23.5 Å². The van der Waals surface area contributed by atoms with Crippen LogP contribution in [-0.2, 0) is 4.79 Å². The summed E-state index contributed by atoms with van der Waals surface area (Å²) in [5.74, 6) is 0.173. The van der Waals surface area contributed by atoms with Gasteiger partial charge in [0.1, 0.15) is 5.82 Å². The van der Waals surface area contributed by atoms with Crippen LogP contribution in [0.25, 0.3) is 0 Å². The third-order valence-electron chi connectivity index (χ3n) is 9.30. The zero-order chi connectivity index (χ0) is 26.5. The number of benzene rings is 1. The maximum atomic E-state index is 14.0. The summed E-state index contributed by atoms with van der Waals surface area (Å²) in [5.41, 5.74) is 8.42. The molecule has 8 heteroatoms. The Morgan fingerprint density at radius 3 is 2.38 bits per heavy atom. The molecule has 7 nitrogen and oxygen atoms in total. The molecule has 3 aliphatic rings. The van der Waals surface area contributed by atoms with E-state index in [2.05, 4.69) is 9.58 Å². The van der Waals surface area contributed by atoms with Gasteiger partial charge >= 0.3 is 0 Å². The van der Waals surface area contributed by atoms with Gasteiger partial charge in [0.15, 0.2) is 0 Å². The average molecular weight is 510 g/mol. The Morgan fingerprint density at radius 2 is 1.81 bits per heavy atom. The predicted molar refractivity (Wildman–Crippen MR) is 141 cm³/mol. The molecule has 3 heterocycles. The molecule has 2 aliphatic heterocycles. The SMILES string of the molecule is Cc1nn(C2CCC2)c(C)c1C(=O)N1CC2CN(CC[C@@H](c3cccc(F)c3)C(C)(C)C(N)=O)CC2C1. The summed E-state index contributed by atoms with van der Waals surface area (Å²) in [5, 5.41) is 4.72. The zero-order valence-electron chi connectivity index (χ0n) is 22.5. The number of nitrogens with zero attached hydrogens (tertiary/aromatic N) is 4. The number of rotatable bonds is 8. The summed E-state index contributed by atoms with van der Waals surface area (Å²) in [4.78, 5) is 30.2. The van der Waals surface area contributed by atoms with Gasteiger partial charge in [0.25, 0.3) is 5.91 Å². The summed E-state index contributed by atoms with van der Waals surface area (Å²) in [6, 6.07) is 6.97. The second-order valence-corrected chi connectivity index (χ2v) is 12.0. The lowest BCUT2D eigenvalue weighted by Gasteiger charge is -2.33. The highest BCUT2D eigenvalue weighted by Crippen LogP contribution is 2.40. The minimum Gasteiger partial charge on any atom is -0.369 e. The Labute approximate surface area is 219 Å². The third-order valence-corrected chi connectivity index (χ3v) is 9.30. The van der Waals surface area contributed by atoms with E-state index in [0.717, 1.165) is 74.5 Å². The van der Waals surface area contributed by atoms with Crippen LogP contribution >= 0.6 is 0 Å². The van der Waals surface area contributed by atoms with Crippen molar-refractivity contribution in [2.24, 2.45) is 23.0 Å². The largest absolute Gasteiger partial charge is 0.369 e. The lowest BCUT2D eigenvalue weighted by Crippen LogP contribution is -2.39. The number of amides is 2. The maximum Gasteiger partial charge on any atom is 0.257 e. The van der Waals surface area contributed by atoms with Crippen molar-refractivity contribution in [2.45, 2.75) is 65.3 Å². The monoisotopic (exact) mass is 509 g/mol. The van der Waals surface area contributed by atoms with E-state index in [0.29, 0.717) is 17.9 Å². The first-order valence-electron chi connectivity index (χ1n) is 13.7. The van der Waals surface area contributed by atoms with Gasteiger partial charge in [-0.25, -0.2) is 4.39 Å². The second-order valence-electron chi connectivity index (χ2n) is 12.0. The van der Waals surface area contributed by atoms with E-state index in [1.807, 2.05) is 38.7 Å². The summed E-state index contributed by atoms with van der Waals surface area (Å²) in [7, 11) is 0. The van der Waals surface area contributed by atoms with Crippen molar-refractivity contribution in [3.63, 3.8) is 0 Å². The van der Waals surface area contributed by atoms with Crippen LogP contribution in [0.3, 0.4) is 0 Å². The van der Waals surface area contributed by atoms with Crippen LogP contribution in [0.5, 0.6) is 0 Å². The molecule has 37 heavy (non-hydrogen) atoms. The van der Waals surface area contributed by atoms with Crippen molar-refractivity contribution >= 4 is 11.8 Å². The molecular weight excluding hydrogens is 469 g/mol. The zero-order valence-corrected chi connectivity index (χ0v) is 22.5. The number of aromatic nitrogens is 2. The van der Waals surface area contributed by atoms with Crippen molar-refractivity contribution in [3.05, 3.63) is 52.6 Å². The van der Waals surface area contributed by atoms with Crippen LogP contribution in [0, 0.1) is 36.9 Å². The fourth-order valence-electron chi connectivity index (χ4n) is 6.71. The van der Waals surface area contributed by atoms with Gasteiger partial charge in [-0.15, -0.1) is 0 Å². The molecule has 0 radical (unpaired) electrons. The maximum absolute atomic E-state index is 14.0. The number of carbonyl (C=O) groups excluding carboxylic acids is 2. The van der Waals surface area contributed by atoms with Crippen LogP contribution in [0.1, 0.15) is 78.8 Å². The van der Waals surface area contributed by atoms with Crippen LogP contribution in [-0.4, -0.2) is 64.1 Å². The van der Waals surface area contributed by atoms with Crippen molar-refractivity contribution in [1.82, 2.24) is 19.6 Å². The van der Waals surface area contributed by atoms with Crippen LogP contribution in [0.4, 0.5) is 4.39 Å². The number of primary amides is 1. The standard InChI is InChI=1S/C29H40FN5O2/c1-18-26(19(2)35(32-18)24-9-6-10-24)27(36)34-16-21-14-33(15-22(21)17-34)12-11-25(29(3,4)28(31)37)20-7-5-8-23(30)13-20/h5,7-8,13,21-22,24-25H,6,9-12,14-17H2,1-4H3,(H2,31,37)/t21?,22?,25-/m0/s1. The molecule has 2 aromatic rings. The first-order valence-corrected chi connectivity index (χ1v) is 13.7. The van der Waals surface area contributed by atoms with Crippen molar-refractivity contribution in [2.75, 3.05) is 32.7 Å². The van der Waals surface area contributed by atoms with Crippen molar-refractivity contribution in [3.8, 4) is 0 Å². The topological polar surface area (TPSA) is 84.5 Å². The Morgan fingerprint density at radius 1 is 1.14 bits per heavy atom. The minimum absolute atomic E-state index is 0.121. The lowest BCUT2D eigenvalue weighted by atomic mass is 9.72. The molecular formula is C29H40FN5O2. The molecule has 2 unspecified atom stereocenters. The molecule has 2 amide bonds. The number of carbonyl (C=O) groups is 2. The molecule has 1 aromatic carbocycles. The predicted octanol–water partition coefficient (Wildman–Crippen LogP) is 4.05. The van der Waals surface area contributed by atoms with E-state index in [1.165, 1.54) is 18.6 Å². The molecule has 3 fully saturated rings. The molecule has 0 spiro atoms. The van der Waals surface area contributed by atoms with Gasteiger partial charge in [0.2, 0.25) is 5.91 Å². The highest BCUT2D eigenvalue weighted by Gasteiger charge is 2.43. The van der Waals surface area contributed by atoms with Gasteiger partial charge < -0.3 is 15.5 Å². The summed E-state index contributed by atoms with van der Waals surface area (Å²) < 4.78 is 16.1. The second kappa shape index (κ2) is 9.86. The van der Waals surface area contributed by atoms with E-state index < -0.39 is 5.41 Å². The Kier molecular flexibility index (Phi) is 6.90. The van der Waals surface area contributed by atoms with Gasteiger partial charge in [-0.2, -0.15) is 5.10 Å². The van der Waals surface area contributed by atoms with E-state index in [4.69, 9.17) is 10.8 Å². The van der Waals surface area contributed by atoms with Crippen molar-refractivity contribution < 1.29 is 14.0 Å². The smallest absolute Gasteiger partial charge is 0.257 e. The first-order chi connectivity index (χ1) is 17.6. The summed E-state index contributed by atoms with van der Waals surface area (Å²) in [6.45, 7) is 11.9. The molecule has 5 rings (SSSR count). The first kappa shape index (κ1) is 25.9. The van der Waals surface area contributed by atoms with E-state index >= 15 is 0 Å². The van der Waals surface area contributed by atoms with Crippen LogP contribution in [0.2, 0.25) is 0 Å². The van der Waals surface area contributed by atoms with E-state index in [9.17, 15) is 14.0 Å². The highest BCUT2D eigenvalue weighted by atomic mass is 19.1. The number of halogens is 1. The quantitative estimate of drug-likeness (QED) is 0.582. The number of hydrogen-bond acceptors (Lipinski definition) is 4. The number of aryl methyl sites for hydroxylation is 1. The Balaban J connectivity index is 1.21. The summed E-state index contributed by atoms with van der Waals surface area (Å²) >= 11 is 0. The number of likely N-dealkylation sites (tertiary alicyclic amines) is 2. The van der Waals surface area contributed by atoms with Crippen molar-refractivity contribution in [1.29, 1.82) is 0 Å². The van der Waals surface area contributed by atoms with Crippen LogP contribution < -0.4 is 5.73 Å². The third kappa shape index (κ3) is 4.80. The van der Waals surface area contributed by atoms with Crippen LogP contribution in [0.15, 0.2) is 24.3 Å². The van der Waals surface area contributed by atoms with Gasteiger partial charge in [0.05, 0.1) is 22.7 Å². The van der Waals surface area contributed by atoms with E-state index in [1.54, 1.807) is 6.07 Å². The number of fused-ring (bicyclic) bond motifs is 1. The normalized spacial score (nSPS) is 23.2.